The summed E-state index contributed by atoms with van der Waals surface area (Å²) in [6.07, 6.45) is 1.47. The molecule has 1 aromatic carbocycles. The van der Waals surface area contributed by atoms with Crippen molar-refractivity contribution in [1.29, 1.82) is 0 Å². The van der Waals surface area contributed by atoms with Crippen LogP contribution in [0.15, 0.2) is 12.1 Å². The highest BCUT2D eigenvalue weighted by molar-refractivity contribution is 5.85. The number of benzene rings is 1. The van der Waals surface area contributed by atoms with E-state index in [9.17, 15) is 9.90 Å². The molecule has 0 aromatic heterocycles. The van der Waals surface area contributed by atoms with E-state index in [1.807, 2.05) is 19.1 Å². The molecule has 0 amide bonds. The van der Waals surface area contributed by atoms with E-state index in [1.54, 1.807) is 7.11 Å². The van der Waals surface area contributed by atoms with E-state index in [-0.39, 0.29) is 5.41 Å². The van der Waals surface area contributed by atoms with Crippen LogP contribution in [0.25, 0.3) is 0 Å². The molecular formula is C16H22O3. The van der Waals surface area contributed by atoms with Gasteiger partial charge >= 0.3 is 5.97 Å². The lowest BCUT2D eigenvalue weighted by molar-refractivity contribution is -0.140. The fourth-order valence-corrected chi connectivity index (χ4v) is 2.63. The number of ether oxygens (including phenoxy) is 1. The third-order valence-electron chi connectivity index (χ3n) is 4.00. The minimum atomic E-state index is -0.711. The smallest absolute Gasteiger partial charge is 0.314 e. The zero-order valence-corrected chi connectivity index (χ0v) is 12.3. The number of methoxy groups -OCH3 is 1. The van der Waals surface area contributed by atoms with Gasteiger partial charge in [0.2, 0.25) is 0 Å². The molecule has 1 N–H and O–H groups in total. The van der Waals surface area contributed by atoms with E-state index in [2.05, 4.69) is 20.8 Å². The van der Waals surface area contributed by atoms with Crippen molar-refractivity contribution in [3.05, 3.63) is 28.8 Å². The Hall–Kier alpha value is -1.51. The second-order valence-corrected chi connectivity index (χ2v) is 6.51. The number of hydrogen-bond acceptors (Lipinski definition) is 2. The summed E-state index contributed by atoms with van der Waals surface area (Å²) in [5.41, 5.74) is 2.29. The Morgan fingerprint density at radius 3 is 2.26 bits per heavy atom. The summed E-state index contributed by atoms with van der Waals surface area (Å²) >= 11 is 0. The molecule has 0 atom stereocenters. The van der Waals surface area contributed by atoms with Crippen molar-refractivity contribution >= 4 is 5.97 Å². The zero-order valence-electron chi connectivity index (χ0n) is 12.3. The summed E-state index contributed by atoms with van der Waals surface area (Å²) in [7, 11) is 1.67. The summed E-state index contributed by atoms with van der Waals surface area (Å²) in [6, 6.07) is 3.99. The molecule has 0 unspecified atom stereocenters. The van der Waals surface area contributed by atoms with E-state index >= 15 is 0 Å². The van der Waals surface area contributed by atoms with E-state index in [0.717, 1.165) is 35.3 Å². The van der Waals surface area contributed by atoms with Crippen LogP contribution in [-0.4, -0.2) is 18.2 Å². The van der Waals surface area contributed by atoms with E-state index < -0.39 is 11.4 Å². The Kier molecular flexibility index (Phi) is 3.12. The van der Waals surface area contributed by atoms with Crippen LogP contribution >= 0.6 is 0 Å². The highest BCUT2D eigenvalue weighted by Gasteiger charge is 2.52. The highest BCUT2D eigenvalue weighted by atomic mass is 16.5. The fraction of sp³-hybridized carbons (Fsp3) is 0.562. The predicted molar refractivity (Wildman–Crippen MR) is 75.0 cm³/mol. The van der Waals surface area contributed by atoms with Crippen LogP contribution < -0.4 is 4.74 Å². The second-order valence-electron chi connectivity index (χ2n) is 6.51. The lowest BCUT2D eigenvalue weighted by Gasteiger charge is -2.25. The highest BCUT2D eigenvalue weighted by Crippen LogP contribution is 2.50. The number of carboxylic acid groups (broad SMARTS) is 1. The van der Waals surface area contributed by atoms with Crippen molar-refractivity contribution in [2.45, 2.75) is 51.4 Å². The Balaban J connectivity index is 2.61. The first-order valence-corrected chi connectivity index (χ1v) is 6.65. The standard InChI is InChI=1S/C16H22O3/c1-10-8-11(16(6-7-16)14(17)18)9-12(13(10)19-5)15(2,3)4/h8-9H,6-7H2,1-5H3,(H,17,18). The lowest BCUT2D eigenvalue weighted by atomic mass is 9.81. The second kappa shape index (κ2) is 4.26. The van der Waals surface area contributed by atoms with Crippen molar-refractivity contribution in [3.8, 4) is 5.75 Å². The quantitative estimate of drug-likeness (QED) is 0.908. The number of carboxylic acids is 1. The zero-order chi connectivity index (χ0) is 14.4. The molecular weight excluding hydrogens is 240 g/mol. The molecule has 2 rings (SSSR count). The molecule has 0 radical (unpaired) electrons. The van der Waals surface area contributed by atoms with Gasteiger partial charge in [0.15, 0.2) is 0 Å². The van der Waals surface area contributed by atoms with Gasteiger partial charge in [-0.2, -0.15) is 0 Å². The number of carbonyl (C=O) groups is 1. The van der Waals surface area contributed by atoms with Crippen LogP contribution in [-0.2, 0) is 15.6 Å². The Morgan fingerprint density at radius 2 is 1.89 bits per heavy atom. The van der Waals surface area contributed by atoms with Crippen LogP contribution in [0, 0.1) is 6.92 Å². The van der Waals surface area contributed by atoms with Crippen molar-refractivity contribution in [1.82, 2.24) is 0 Å². The van der Waals surface area contributed by atoms with Gasteiger partial charge in [0.05, 0.1) is 12.5 Å². The normalized spacial score (nSPS) is 17.1. The average molecular weight is 262 g/mol. The Labute approximate surface area is 114 Å². The van der Waals surface area contributed by atoms with Gasteiger partial charge in [-0.15, -0.1) is 0 Å². The predicted octanol–water partition coefficient (Wildman–Crippen LogP) is 3.42. The van der Waals surface area contributed by atoms with Gasteiger partial charge < -0.3 is 9.84 Å². The minimum absolute atomic E-state index is 0.0688. The molecule has 0 heterocycles. The molecule has 1 aromatic rings. The molecule has 19 heavy (non-hydrogen) atoms. The SMILES string of the molecule is COc1c(C)cc(C2(C(=O)O)CC2)cc1C(C)(C)C. The van der Waals surface area contributed by atoms with Gasteiger partial charge in [0.25, 0.3) is 0 Å². The first kappa shape index (κ1) is 13.9. The van der Waals surface area contributed by atoms with Crippen molar-refractivity contribution in [3.63, 3.8) is 0 Å². The van der Waals surface area contributed by atoms with Gasteiger partial charge in [-0.25, -0.2) is 0 Å². The van der Waals surface area contributed by atoms with Crippen LogP contribution in [0.3, 0.4) is 0 Å². The molecule has 0 saturated heterocycles. The third-order valence-corrected chi connectivity index (χ3v) is 4.00. The van der Waals surface area contributed by atoms with Crippen LogP contribution in [0.2, 0.25) is 0 Å². The van der Waals surface area contributed by atoms with E-state index in [0.29, 0.717) is 0 Å². The number of rotatable bonds is 3. The maximum atomic E-state index is 11.5. The maximum Gasteiger partial charge on any atom is 0.314 e. The van der Waals surface area contributed by atoms with E-state index in [1.165, 1.54) is 0 Å². The first-order valence-electron chi connectivity index (χ1n) is 6.65. The summed E-state index contributed by atoms with van der Waals surface area (Å²) in [6.45, 7) is 8.34. The first-order chi connectivity index (χ1) is 8.72. The third kappa shape index (κ3) is 2.22. The topological polar surface area (TPSA) is 46.5 Å². The molecule has 1 fully saturated rings. The molecule has 1 aliphatic carbocycles. The molecule has 0 aliphatic heterocycles. The lowest BCUT2D eigenvalue weighted by Crippen LogP contribution is -2.22. The average Bonchev–Trinajstić information content (AvgIpc) is 3.07. The molecule has 104 valence electrons. The van der Waals surface area contributed by atoms with Gasteiger partial charge in [-0.1, -0.05) is 32.9 Å². The number of aliphatic carboxylic acids is 1. The van der Waals surface area contributed by atoms with Gasteiger partial charge in [-0.3, -0.25) is 4.79 Å². The van der Waals surface area contributed by atoms with Crippen LogP contribution in [0.4, 0.5) is 0 Å². The van der Waals surface area contributed by atoms with Crippen LogP contribution in [0.5, 0.6) is 5.75 Å². The van der Waals surface area contributed by atoms with E-state index in [4.69, 9.17) is 4.74 Å². The molecule has 0 spiro atoms. The maximum absolute atomic E-state index is 11.5. The van der Waals surface area contributed by atoms with Crippen molar-refractivity contribution in [2.75, 3.05) is 7.11 Å². The summed E-state index contributed by atoms with van der Waals surface area (Å²) in [5, 5.41) is 9.44. The van der Waals surface area contributed by atoms with Crippen LogP contribution in [0.1, 0.15) is 50.3 Å². The summed E-state index contributed by atoms with van der Waals surface area (Å²) in [4.78, 5) is 11.5. The van der Waals surface area contributed by atoms with Crippen molar-refractivity contribution in [2.24, 2.45) is 0 Å². The largest absolute Gasteiger partial charge is 0.496 e. The Bertz CT molecular complexity index is 520. The molecule has 1 aliphatic rings. The molecule has 1 saturated carbocycles. The summed E-state index contributed by atoms with van der Waals surface area (Å²) < 4.78 is 5.50. The van der Waals surface area contributed by atoms with Gasteiger partial charge in [0.1, 0.15) is 5.75 Å². The van der Waals surface area contributed by atoms with Gasteiger partial charge in [0, 0.05) is 5.56 Å². The summed E-state index contributed by atoms with van der Waals surface area (Å²) in [5.74, 6) is 0.161. The molecule has 3 heteroatoms. The minimum Gasteiger partial charge on any atom is -0.496 e. The number of aryl methyl sites for hydroxylation is 1. The Morgan fingerprint density at radius 1 is 1.32 bits per heavy atom. The number of hydrogen-bond donors (Lipinski definition) is 1. The fourth-order valence-electron chi connectivity index (χ4n) is 2.63. The molecule has 3 nitrogen and oxygen atoms in total. The monoisotopic (exact) mass is 262 g/mol. The molecule has 0 bridgehead atoms. The van der Waals surface area contributed by atoms with Crippen molar-refractivity contribution < 1.29 is 14.6 Å². The van der Waals surface area contributed by atoms with Gasteiger partial charge in [-0.05, 0) is 36.3 Å².